The Morgan fingerprint density at radius 1 is 1.11 bits per heavy atom. The Kier molecular flexibility index (Phi) is 6.83. The lowest BCUT2D eigenvalue weighted by Gasteiger charge is -2.28. The number of esters is 1. The van der Waals surface area contributed by atoms with E-state index in [9.17, 15) is 19.5 Å². The second-order valence-electron chi connectivity index (χ2n) is 9.06. The molecule has 0 aliphatic carbocycles. The summed E-state index contributed by atoms with van der Waals surface area (Å²) in [5, 5.41) is 11.4. The van der Waals surface area contributed by atoms with Crippen LogP contribution in [0.1, 0.15) is 41.0 Å². The molecule has 0 radical (unpaired) electrons. The number of aliphatic hydroxyl groups is 1. The van der Waals surface area contributed by atoms with E-state index in [1.54, 1.807) is 66.9 Å². The highest BCUT2D eigenvalue weighted by molar-refractivity contribution is 6.51. The molecule has 2 aliphatic heterocycles. The van der Waals surface area contributed by atoms with E-state index in [1.165, 1.54) is 4.90 Å². The molecular formula is C29H27N3O6. The van der Waals surface area contributed by atoms with Crippen molar-refractivity contribution in [2.75, 3.05) is 36.6 Å². The number of aromatic nitrogens is 1. The molecule has 1 fully saturated rings. The van der Waals surface area contributed by atoms with Gasteiger partial charge < -0.3 is 19.5 Å². The minimum atomic E-state index is -0.973. The van der Waals surface area contributed by atoms with Gasteiger partial charge in [0.25, 0.3) is 11.7 Å². The summed E-state index contributed by atoms with van der Waals surface area (Å²) < 4.78 is 10.9. The molecule has 1 saturated heterocycles. The van der Waals surface area contributed by atoms with Gasteiger partial charge in [0, 0.05) is 24.5 Å². The average molecular weight is 514 g/mol. The smallest absolute Gasteiger partial charge is 0.338 e. The van der Waals surface area contributed by atoms with Gasteiger partial charge in [-0.2, -0.15) is 0 Å². The molecule has 38 heavy (non-hydrogen) atoms. The number of Topliss-reactive ketones (excluding diaryl/α,β-unsaturated/α-hetero) is 1. The summed E-state index contributed by atoms with van der Waals surface area (Å²) in [6.45, 7) is 3.44. The molecule has 2 aliphatic rings. The molecule has 3 heterocycles. The fourth-order valence-electron chi connectivity index (χ4n) is 4.61. The van der Waals surface area contributed by atoms with Crippen LogP contribution < -0.4 is 14.5 Å². The van der Waals surface area contributed by atoms with E-state index in [4.69, 9.17) is 9.47 Å². The zero-order valence-corrected chi connectivity index (χ0v) is 21.1. The second kappa shape index (κ2) is 10.4. The van der Waals surface area contributed by atoms with Crippen molar-refractivity contribution >= 4 is 34.8 Å². The molecule has 9 heteroatoms. The maximum atomic E-state index is 13.4. The molecule has 0 saturated carbocycles. The summed E-state index contributed by atoms with van der Waals surface area (Å²) in [5.41, 5.74) is 2.21. The maximum Gasteiger partial charge on any atom is 0.338 e. The third kappa shape index (κ3) is 4.47. The highest BCUT2D eigenvalue weighted by Gasteiger charge is 2.47. The van der Waals surface area contributed by atoms with Crippen molar-refractivity contribution in [3.05, 3.63) is 89.3 Å². The van der Waals surface area contributed by atoms with E-state index in [0.29, 0.717) is 54.4 Å². The number of aliphatic hydroxyl groups excluding tert-OH is 1. The Labute approximate surface area is 219 Å². The molecule has 1 unspecified atom stereocenters. The molecule has 1 amide bonds. The number of carbonyl (C=O) groups excluding carboxylic acids is 3. The molecule has 5 rings (SSSR count). The van der Waals surface area contributed by atoms with Crippen LogP contribution in [-0.4, -0.2) is 54.6 Å². The SMILES string of the molecule is CCCOC(=O)c1ccc(N2C(=O)C(=O)/C(=C(\O)c3ccc4c(c3)N(C)CCO4)C2c2ccccn2)cc1. The highest BCUT2D eigenvalue weighted by Crippen LogP contribution is 2.42. The van der Waals surface area contributed by atoms with E-state index in [2.05, 4.69) is 4.98 Å². The van der Waals surface area contributed by atoms with Crippen molar-refractivity contribution in [1.82, 2.24) is 4.98 Å². The lowest BCUT2D eigenvalue weighted by atomic mass is 9.97. The highest BCUT2D eigenvalue weighted by atomic mass is 16.5. The maximum absolute atomic E-state index is 13.4. The first-order valence-corrected chi connectivity index (χ1v) is 12.4. The first-order chi connectivity index (χ1) is 18.4. The summed E-state index contributed by atoms with van der Waals surface area (Å²) in [6.07, 6.45) is 2.26. The van der Waals surface area contributed by atoms with Crippen molar-refractivity contribution in [3.63, 3.8) is 0 Å². The molecule has 1 aromatic heterocycles. The number of ketones is 1. The molecule has 194 valence electrons. The van der Waals surface area contributed by atoms with Crippen LogP contribution in [-0.2, 0) is 14.3 Å². The van der Waals surface area contributed by atoms with Crippen molar-refractivity contribution in [2.24, 2.45) is 0 Å². The number of nitrogens with zero attached hydrogens (tertiary/aromatic N) is 3. The Morgan fingerprint density at radius 2 is 1.87 bits per heavy atom. The standard InChI is InChI=1S/C29H27N3O6/c1-3-15-38-29(36)18-7-10-20(11-8-18)32-25(21-6-4-5-13-30-21)24(27(34)28(32)35)26(33)19-9-12-23-22(17-19)31(2)14-16-37-23/h4-13,17,25,33H,3,14-16H2,1-2H3/b26-24-. The Hall–Kier alpha value is -4.66. The van der Waals surface area contributed by atoms with Gasteiger partial charge in [-0.25, -0.2) is 4.79 Å². The van der Waals surface area contributed by atoms with Crippen LogP contribution >= 0.6 is 0 Å². The van der Waals surface area contributed by atoms with Gasteiger partial charge >= 0.3 is 5.97 Å². The number of benzene rings is 2. The van der Waals surface area contributed by atoms with Crippen LogP contribution in [0.5, 0.6) is 5.75 Å². The molecule has 1 N–H and O–H groups in total. The molecule has 0 spiro atoms. The van der Waals surface area contributed by atoms with Gasteiger partial charge in [-0.15, -0.1) is 0 Å². The Morgan fingerprint density at radius 3 is 2.58 bits per heavy atom. The predicted octanol–water partition coefficient (Wildman–Crippen LogP) is 4.10. The number of hydrogen-bond acceptors (Lipinski definition) is 8. The molecular weight excluding hydrogens is 486 g/mol. The number of hydrogen-bond donors (Lipinski definition) is 1. The largest absolute Gasteiger partial charge is 0.507 e. The number of rotatable bonds is 6. The minimum absolute atomic E-state index is 0.0699. The van der Waals surface area contributed by atoms with Gasteiger partial charge in [-0.1, -0.05) is 13.0 Å². The minimum Gasteiger partial charge on any atom is -0.507 e. The van der Waals surface area contributed by atoms with E-state index < -0.39 is 23.7 Å². The zero-order chi connectivity index (χ0) is 26.8. The van der Waals surface area contributed by atoms with Gasteiger partial charge in [0.05, 0.1) is 35.7 Å². The van der Waals surface area contributed by atoms with Crippen LogP contribution in [0.25, 0.3) is 5.76 Å². The number of pyridine rings is 1. The first kappa shape index (κ1) is 25.0. The van der Waals surface area contributed by atoms with Crippen molar-refractivity contribution in [3.8, 4) is 5.75 Å². The summed E-state index contributed by atoms with van der Waals surface area (Å²) in [4.78, 5) is 46.7. The lowest BCUT2D eigenvalue weighted by Crippen LogP contribution is -2.29. The van der Waals surface area contributed by atoms with E-state index in [-0.39, 0.29) is 11.3 Å². The third-order valence-corrected chi connectivity index (χ3v) is 6.56. The van der Waals surface area contributed by atoms with Crippen molar-refractivity contribution in [2.45, 2.75) is 19.4 Å². The van der Waals surface area contributed by atoms with Crippen molar-refractivity contribution < 1.29 is 29.0 Å². The van der Waals surface area contributed by atoms with E-state index in [1.807, 2.05) is 18.9 Å². The van der Waals surface area contributed by atoms with Gasteiger partial charge in [0.1, 0.15) is 24.2 Å². The van der Waals surface area contributed by atoms with Gasteiger partial charge in [0.2, 0.25) is 0 Å². The Balaban J connectivity index is 1.59. The number of carbonyl (C=O) groups is 3. The number of anilines is 2. The molecule has 3 aromatic rings. The lowest BCUT2D eigenvalue weighted by molar-refractivity contribution is -0.132. The fraction of sp³-hybridized carbons (Fsp3) is 0.241. The summed E-state index contributed by atoms with van der Waals surface area (Å²) in [5.74, 6) is -1.73. The topological polar surface area (TPSA) is 109 Å². The molecule has 2 aromatic carbocycles. The molecule has 0 bridgehead atoms. The summed E-state index contributed by atoms with van der Waals surface area (Å²) in [6, 6.07) is 15.6. The molecule has 9 nitrogen and oxygen atoms in total. The average Bonchev–Trinajstić information content (AvgIpc) is 3.22. The van der Waals surface area contributed by atoms with Gasteiger partial charge in [-0.3, -0.25) is 19.5 Å². The summed E-state index contributed by atoms with van der Waals surface area (Å²) in [7, 11) is 1.92. The summed E-state index contributed by atoms with van der Waals surface area (Å²) >= 11 is 0. The second-order valence-corrected chi connectivity index (χ2v) is 9.06. The number of fused-ring (bicyclic) bond motifs is 1. The Bertz CT molecular complexity index is 1420. The zero-order valence-electron chi connectivity index (χ0n) is 21.1. The monoisotopic (exact) mass is 513 g/mol. The fourth-order valence-corrected chi connectivity index (χ4v) is 4.61. The number of likely N-dealkylation sites (N-methyl/N-ethyl adjacent to an activating group) is 1. The van der Waals surface area contributed by atoms with Crippen LogP contribution in [0.2, 0.25) is 0 Å². The van der Waals surface area contributed by atoms with E-state index in [0.717, 1.165) is 5.69 Å². The van der Waals surface area contributed by atoms with Crippen molar-refractivity contribution in [1.29, 1.82) is 0 Å². The van der Waals surface area contributed by atoms with E-state index >= 15 is 0 Å². The normalized spacial score (nSPS) is 18.2. The van der Waals surface area contributed by atoms with Gasteiger partial charge in [0.15, 0.2) is 0 Å². The van der Waals surface area contributed by atoms with Gasteiger partial charge in [-0.05, 0) is 61.0 Å². The third-order valence-electron chi connectivity index (χ3n) is 6.56. The number of amides is 1. The van der Waals surface area contributed by atoms with Crippen LogP contribution in [0.15, 0.2) is 72.4 Å². The number of ether oxygens (including phenoxy) is 2. The van der Waals surface area contributed by atoms with Crippen LogP contribution in [0.4, 0.5) is 11.4 Å². The first-order valence-electron chi connectivity index (χ1n) is 12.4. The molecule has 1 atom stereocenters. The predicted molar refractivity (Wildman–Crippen MR) is 141 cm³/mol. The van der Waals surface area contributed by atoms with Crippen LogP contribution in [0, 0.1) is 0 Å². The van der Waals surface area contributed by atoms with Crippen LogP contribution in [0.3, 0.4) is 0 Å². The quantitative estimate of drug-likeness (QED) is 0.227.